The van der Waals surface area contributed by atoms with Crippen LogP contribution in [-0.4, -0.2) is 179 Å². The number of likely N-dealkylation sites (tertiary alicyclic amines) is 3. The minimum absolute atomic E-state index is 0. The maximum atomic E-state index is 12.7. The van der Waals surface area contributed by atoms with Crippen molar-refractivity contribution in [2.24, 2.45) is 0 Å². The Morgan fingerprint density at radius 2 is 1.01 bits per heavy atom. The summed E-state index contributed by atoms with van der Waals surface area (Å²) in [6.45, 7) is 18.9. The van der Waals surface area contributed by atoms with E-state index in [0.29, 0.717) is 26.2 Å². The van der Waals surface area contributed by atoms with E-state index < -0.39 is 113 Å². The maximum Gasteiger partial charge on any atom is 0.410 e. The van der Waals surface area contributed by atoms with Crippen LogP contribution < -0.4 is 5.32 Å². The van der Waals surface area contributed by atoms with Gasteiger partial charge in [0.15, 0.2) is 5.69 Å². The largest absolute Gasteiger partial charge is 0.444 e. The number of amides is 3. The molecule has 4 aliphatic heterocycles. The molecule has 3 N–H and O–H groups in total. The normalized spacial score (nSPS) is 16.0. The van der Waals surface area contributed by atoms with Crippen LogP contribution >= 0.6 is 13.5 Å². The third kappa shape index (κ3) is 21.4. The SMILES string of the molecule is CC(C)(C)OC(=O)N1CC(O)C1.CC(C)(C)OC(=O)N1CC(OS(C)(=O)=O)C1.CC(C)(C)OC(=O)N1CC(n2cc([N+](=O)[O-])c(C(F)F)n2)C1.O=[N+]([O-])c1cn(C2CNC2)nc1C(F)F.O=[N+]([O-])c1cn[nH]c1C(F)F.S. The lowest BCUT2D eigenvalue weighted by atomic mass is 10.1. The number of carbonyl (C=O) groups is 3. The molecule has 0 radical (unpaired) electrons. The Bertz CT molecular complexity index is 2600. The summed E-state index contributed by atoms with van der Waals surface area (Å²) in [4.78, 5) is 67.2. The molecule has 7 heterocycles. The fourth-order valence-electron chi connectivity index (χ4n) is 6.07. The quantitative estimate of drug-likeness (QED) is 0.0694. The van der Waals surface area contributed by atoms with E-state index >= 15 is 0 Å². The van der Waals surface area contributed by atoms with Crippen LogP contribution in [0.1, 0.15) is 111 Å². The number of H-pyrrole nitrogens is 1. The number of alkyl halides is 6. The second-order valence-corrected chi connectivity index (χ2v) is 21.4. The van der Waals surface area contributed by atoms with Gasteiger partial charge in [-0.15, -0.1) is 0 Å². The van der Waals surface area contributed by atoms with E-state index in [0.717, 1.165) is 29.5 Å². The summed E-state index contributed by atoms with van der Waals surface area (Å²) in [5.41, 5.74) is -6.00. The van der Waals surface area contributed by atoms with E-state index in [4.69, 9.17) is 23.5 Å². The standard InChI is InChI=1S/C12H16F2N4O4.C9H17NO5S.C8H15NO3.C7H8F2N4O2.C4H3F2N3O2.H2S/c1-12(2,3)22-11(19)16-4-7(5-16)17-6-8(18(20)21)9(15-17)10(13)14;1-9(2,3)14-8(11)10-5-7(6-10)15-16(4,12)13;1-8(2,3)12-7(11)9-4-6(10)5-9;8-7(9)6-5(13(14)15)3-12(11-6)4-1-10-2-4;5-4(6)3-2(9(10)11)1-7-8-3;/h6-7,10H,4-5H2,1-3H3;7H,5-6H2,1-4H3;6,10H,4-5H2,1-3H3;3-4,7,10H,1-2H2;1,4H,(H,7,8);1H2. The number of ether oxygens (including phenoxy) is 3. The molecule has 0 saturated carbocycles. The predicted octanol–water partition coefficient (Wildman–Crippen LogP) is 5.94. The zero-order chi connectivity index (χ0) is 58.0. The Labute approximate surface area is 442 Å². The molecule has 0 aromatic carbocycles. The van der Waals surface area contributed by atoms with Crippen molar-refractivity contribution in [3.63, 3.8) is 0 Å². The van der Waals surface area contributed by atoms with E-state index in [2.05, 4.69) is 20.6 Å². The summed E-state index contributed by atoms with van der Waals surface area (Å²) in [5.74, 6) is 0. The van der Waals surface area contributed by atoms with Gasteiger partial charge in [-0.05, 0) is 62.3 Å². The molecule has 0 unspecified atom stereocenters. The monoisotopic (exact) mass is 1160 g/mol. The zero-order valence-corrected chi connectivity index (χ0v) is 44.9. The van der Waals surface area contributed by atoms with E-state index in [1.54, 1.807) is 41.5 Å². The molecule has 0 atom stereocenters. The number of hydrogen-bond acceptors (Lipinski definition) is 20. The van der Waals surface area contributed by atoms with Gasteiger partial charge in [0.2, 0.25) is 11.4 Å². The molecule has 4 fully saturated rings. The summed E-state index contributed by atoms with van der Waals surface area (Å²) < 4.78 is 118. The van der Waals surface area contributed by atoms with Crippen molar-refractivity contribution in [3.8, 4) is 0 Å². The number of nitrogens with one attached hydrogen (secondary N) is 2. The molecule has 0 bridgehead atoms. The first-order chi connectivity index (χ1) is 34.7. The van der Waals surface area contributed by atoms with Gasteiger partial charge in [0.1, 0.15) is 41.5 Å². The van der Waals surface area contributed by atoms with Gasteiger partial charge in [0.25, 0.3) is 29.4 Å². The average Bonchev–Trinajstić information content (AvgIpc) is 3.95. The Hall–Kier alpha value is -6.60. The minimum atomic E-state index is -3.45. The number of nitro groups is 3. The highest BCUT2D eigenvalue weighted by Gasteiger charge is 2.39. The van der Waals surface area contributed by atoms with Crippen molar-refractivity contribution in [1.29, 1.82) is 0 Å². The van der Waals surface area contributed by atoms with E-state index in [1.807, 2.05) is 25.9 Å². The lowest BCUT2D eigenvalue weighted by Crippen LogP contribution is -2.56. The number of aliphatic hydroxyl groups excluding tert-OH is 1. The number of nitrogens with zero attached hydrogens (tertiary/aromatic N) is 11. The van der Waals surface area contributed by atoms with Crippen LogP contribution in [0, 0.1) is 30.3 Å². The fraction of sp³-hybridized carbons (Fsp3) is 0.700. The van der Waals surface area contributed by atoms with Gasteiger partial charge >= 0.3 is 35.3 Å². The Morgan fingerprint density at radius 3 is 1.29 bits per heavy atom. The van der Waals surface area contributed by atoms with Crippen LogP contribution in [0.15, 0.2) is 18.6 Å². The highest BCUT2D eigenvalue weighted by molar-refractivity contribution is 7.86. The second kappa shape index (κ2) is 27.1. The van der Waals surface area contributed by atoms with E-state index in [9.17, 15) is 79.5 Å². The highest BCUT2D eigenvalue weighted by atomic mass is 32.2. The molecule has 3 amide bonds. The topological polar surface area (TPSA) is 358 Å². The first-order valence-electron chi connectivity index (χ1n) is 22.4. The van der Waals surface area contributed by atoms with Crippen LogP contribution in [0.25, 0.3) is 0 Å². The number of hydrogen-bond donors (Lipinski definition) is 3. The van der Waals surface area contributed by atoms with Crippen LogP contribution in [0.4, 0.5) is 57.8 Å². The Kier molecular flexibility index (Phi) is 23.4. The number of aromatic amines is 1. The van der Waals surface area contributed by atoms with Crippen molar-refractivity contribution < 1.29 is 87.4 Å². The van der Waals surface area contributed by atoms with Crippen molar-refractivity contribution in [3.05, 3.63) is 66.0 Å². The molecule has 0 aliphatic carbocycles. The van der Waals surface area contributed by atoms with Gasteiger partial charge < -0.3 is 39.3 Å². The molecular formula is C40H61F6N13O16S2. The predicted molar refractivity (Wildman–Crippen MR) is 258 cm³/mol. The van der Waals surface area contributed by atoms with Crippen molar-refractivity contribution in [1.82, 2.24) is 49.8 Å². The maximum absolute atomic E-state index is 12.7. The number of β-amino-alcohol motifs (C(OH)–C–C–N with tert-alkyl or cyclic N) is 1. The van der Waals surface area contributed by atoms with Gasteiger partial charge in [0.05, 0.1) is 65.4 Å². The molecule has 3 aromatic heterocycles. The molecule has 0 spiro atoms. The van der Waals surface area contributed by atoms with E-state index in [1.165, 1.54) is 19.4 Å². The van der Waals surface area contributed by atoms with Gasteiger partial charge in [-0.1, -0.05) is 0 Å². The number of rotatable bonds is 10. The first-order valence-corrected chi connectivity index (χ1v) is 24.3. The lowest BCUT2D eigenvalue weighted by Gasteiger charge is -2.39. The van der Waals surface area contributed by atoms with Gasteiger partial charge in [-0.25, -0.2) is 40.7 Å². The molecule has 77 heavy (non-hydrogen) atoms. The fourth-order valence-corrected chi connectivity index (χ4v) is 6.68. The Morgan fingerprint density at radius 1 is 0.649 bits per heavy atom. The summed E-state index contributed by atoms with van der Waals surface area (Å²) in [6, 6.07) is -0.435. The minimum Gasteiger partial charge on any atom is -0.444 e. The molecule has 4 saturated heterocycles. The van der Waals surface area contributed by atoms with Crippen molar-refractivity contribution >= 4 is 59.0 Å². The van der Waals surface area contributed by atoms with Crippen LogP contribution in [0.2, 0.25) is 0 Å². The molecule has 4 aliphatic rings. The molecule has 3 aromatic rings. The van der Waals surface area contributed by atoms with Crippen LogP contribution in [-0.2, 0) is 28.5 Å². The summed E-state index contributed by atoms with van der Waals surface area (Å²) >= 11 is 0. The van der Waals surface area contributed by atoms with Crippen LogP contribution in [0.3, 0.4) is 0 Å². The first kappa shape index (κ1) is 66.5. The smallest absolute Gasteiger partial charge is 0.410 e. The number of halogens is 6. The summed E-state index contributed by atoms with van der Waals surface area (Å²) in [6.07, 6.45) is -7.16. The average molecular weight is 1160 g/mol. The summed E-state index contributed by atoms with van der Waals surface area (Å²) in [7, 11) is -3.45. The molecular weight excluding hydrogens is 1100 g/mol. The van der Waals surface area contributed by atoms with Crippen molar-refractivity contribution in [2.45, 2.75) is 123 Å². The van der Waals surface area contributed by atoms with Gasteiger partial charge in [-0.2, -0.15) is 37.2 Å². The number of aliphatic hydroxyl groups is 1. The van der Waals surface area contributed by atoms with Crippen molar-refractivity contribution in [2.75, 3.05) is 58.6 Å². The zero-order valence-electron chi connectivity index (χ0n) is 43.1. The molecule has 7 rings (SSSR count). The molecule has 29 nitrogen and oxygen atoms in total. The summed E-state index contributed by atoms with van der Waals surface area (Å²) in [5, 5.41) is 55.1. The molecule has 436 valence electrons. The third-order valence-corrected chi connectivity index (χ3v) is 10.3. The van der Waals surface area contributed by atoms with Gasteiger partial charge in [0, 0.05) is 26.2 Å². The van der Waals surface area contributed by atoms with E-state index in [-0.39, 0.29) is 64.0 Å². The number of carbonyl (C=O) groups excluding carboxylic acids is 3. The number of aromatic nitrogens is 6. The lowest BCUT2D eigenvalue weighted by molar-refractivity contribution is -0.386. The van der Waals surface area contributed by atoms with Crippen LogP contribution in [0.5, 0.6) is 0 Å². The third-order valence-electron chi connectivity index (χ3n) is 9.70. The highest BCUT2D eigenvalue weighted by Crippen LogP contribution is 2.32. The van der Waals surface area contributed by atoms with Gasteiger partial charge in [-0.3, -0.25) is 49.0 Å². The second-order valence-electron chi connectivity index (χ2n) is 19.8. The Balaban J connectivity index is 0.000000335. The molecule has 37 heteroatoms.